The standard InChI is InChI=1S/C6H7IN2/c1-3-4-2-5(4)6(7)9-8-3/h4-5H,2H2,1H3/t4?,5-/m0/s1. The molecule has 0 spiro atoms. The summed E-state index contributed by atoms with van der Waals surface area (Å²) in [7, 11) is 0. The third-order valence-corrected chi connectivity index (χ3v) is 2.95. The Bertz CT molecular complexity index is 185. The van der Waals surface area contributed by atoms with Gasteiger partial charge in [-0.15, -0.1) is 5.10 Å². The zero-order valence-corrected chi connectivity index (χ0v) is 7.29. The van der Waals surface area contributed by atoms with Crippen molar-refractivity contribution >= 4 is 32.0 Å². The van der Waals surface area contributed by atoms with Crippen LogP contribution in [0.4, 0.5) is 0 Å². The van der Waals surface area contributed by atoms with E-state index in [-0.39, 0.29) is 0 Å². The number of fused-ring (bicyclic) bond motifs is 1. The molecule has 1 fully saturated rings. The second-order valence-corrected chi connectivity index (χ2v) is 3.72. The number of halogens is 1. The molecule has 2 atom stereocenters. The summed E-state index contributed by atoms with van der Waals surface area (Å²) in [4.78, 5) is 0. The summed E-state index contributed by atoms with van der Waals surface area (Å²) in [6.45, 7) is 2.07. The molecule has 0 N–H and O–H groups in total. The molecule has 1 heterocycles. The first-order valence-corrected chi connectivity index (χ1v) is 4.14. The highest BCUT2D eigenvalue weighted by molar-refractivity contribution is 14.1. The van der Waals surface area contributed by atoms with Gasteiger partial charge in [-0.3, -0.25) is 0 Å². The zero-order chi connectivity index (χ0) is 6.43. The highest BCUT2D eigenvalue weighted by Gasteiger charge is 2.44. The highest BCUT2D eigenvalue weighted by Crippen LogP contribution is 2.44. The third-order valence-electron chi connectivity index (χ3n) is 1.94. The number of nitrogens with zero attached hydrogens (tertiary/aromatic N) is 2. The molecule has 1 saturated carbocycles. The molecule has 48 valence electrons. The lowest BCUT2D eigenvalue weighted by atomic mass is 10.2. The number of rotatable bonds is 0. The van der Waals surface area contributed by atoms with Gasteiger partial charge in [0.1, 0.15) is 3.72 Å². The second kappa shape index (κ2) is 1.78. The molecule has 2 rings (SSSR count). The summed E-state index contributed by atoms with van der Waals surface area (Å²) < 4.78 is 1.20. The van der Waals surface area contributed by atoms with Crippen LogP contribution in [0.2, 0.25) is 0 Å². The fourth-order valence-corrected chi connectivity index (χ4v) is 1.99. The van der Waals surface area contributed by atoms with Gasteiger partial charge in [-0.05, 0) is 35.9 Å². The van der Waals surface area contributed by atoms with Crippen LogP contribution in [0.15, 0.2) is 10.2 Å². The molecule has 0 saturated heterocycles. The van der Waals surface area contributed by atoms with Crippen molar-refractivity contribution in [2.24, 2.45) is 22.0 Å². The van der Waals surface area contributed by atoms with Crippen molar-refractivity contribution in [2.45, 2.75) is 13.3 Å². The molecule has 9 heavy (non-hydrogen) atoms. The topological polar surface area (TPSA) is 24.7 Å². The van der Waals surface area contributed by atoms with Gasteiger partial charge in [-0.25, -0.2) is 0 Å². The van der Waals surface area contributed by atoms with Crippen molar-refractivity contribution in [3.05, 3.63) is 0 Å². The van der Waals surface area contributed by atoms with E-state index in [9.17, 15) is 0 Å². The summed E-state index contributed by atoms with van der Waals surface area (Å²) in [6, 6.07) is 0. The van der Waals surface area contributed by atoms with Gasteiger partial charge in [0.15, 0.2) is 0 Å². The summed E-state index contributed by atoms with van der Waals surface area (Å²) in [5.74, 6) is 1.51. The lowest BCUT2D eigenvalue weighted by Crippen LogP contribution is -2.04. The molecule has 0 amide bonds. The van der Waals surface area contributed by atoms with Gasteiger partial charge in [0.25, 0.3) is 0 Å². The SMILES string of the molecule is CC1=NN=C(I)[C@H]2CC12. The molecule has 0 aromatic heterocycles. The van der Waals surface area contributed by atoms with Gasteiger partial charge >= 0.3 is 0 Å². The molecule has 0 aromatic rings. The van der Waals surface area contributed by atoms with E-state index in [2.05, 4.69) is 39.7 Å². The van der Waals surface area contributed by atoms with Crippen LogP contribution in [0.3, 0.4) is 0 Å². The molecule has 0 aromatic carbocycles. The lowest BCUT2D eigenvalue weighted by molar-refractivity contribution is 1.01. The van der Waals surface area contributed by atoms with Crippen molar-refractivity contribution in [1.29, 1.82) is 0 Å². The van der Waals surface area contributed by atoms with E-state index >= 15 is 0 Å². The van der Waals surface area contributed by atoms with E-state index in [4.69, 9.17) is 0 Å². The van der Waals surface area contributed by atoms with Crippen LogP contribution in [0.25, 0.3) is 0 Å². The van der Waals surface area contributed by atoms with Crippen LogP contribution in [0, 0.1) is 11.8 Å². The Morgan fingerprint density at radius 2 is 2.22 bits per heavy atom. The van der Waals surface area contributed by atoms with Crippen molar-refractivity contribution < 1.29 is 0 Å². The van der Waals surface area contributed by atoms with E-state index in [1.165, 1.54) is 15.9 Å². The minimum atomic E-state index is 0.753. The van der Waals surface area contributed by atoms with E-state index in [1.807, 2.05) is 0 Å². The fraction of sp³-hybridized carbons (Fsp3) is 0.667. The van der Waals surface area contributed by atoms with E-state index < -0.39 is 0 Å². The summed E-state index contributed by atoms with van der Waals surface area (Å²) in [5.41, 5.74) is 1.22. The Hall–Kier alpha value is 0.0700. The first-order chi connectivity index (χ1) is 4.29. The normalized spacial score (nSPS) is 38.9. The second-order valence-electron chi connectivity index (χ2n) is 2.61. The average Bonchev–Trinajstić information content (AvgIpc) is 2.57. The van der Waals surface area contributed by atoms with Crippen molar-refractivity contribution in [3.63, 3.8) is 0 Å². The smallest absolute Gasteiger partial charge is 0.105 e. The first kappa shape index (κ1) is 5.82. The van der Waals surface area contributed by atoms with E-state index in [0.29, 0.717) is 0 Å². The third kappa shape index (κ3) is 0.818. The Labute approximate surface area is 67.6 Å². The Morgan fingerprint density at radius 1 is 1.44 bits per heavy atom. The summed E-state index contributed by atoms with van der Waals surface area (Å²) in [6.07, 6.45) is 1.29. The van der Waals surface area contributed by atoms with Gasteiger partial charge < -0.3 is 0 Å². The van der Waals surface area contributed by atoms with Crippen LogP contribution in [-0.2, 0) is 0 Å². The molecule has 2 nitrogen and oxygen atoms in total. The van der Waals surface area contributed by atoms with Crippen LogP contribution >= 0.6 is 22.6 Å². The predicted molar refractivity (Wildman–Crippen MR) is 46.2 cm³/mol. The molecule has 3 heteroatoms. The maximum atomic E-state index is 4.03. The van der Waals surface area contributed by atoms with Crippen LogP contribution in [0.1, 0.15) is 13.3 Å². The Morgan fingerprint density at radius 3 is 2.89 bits per heavy atom. The number of hydrogen-bond donors (Lipinski definition) is 0. The van der Waals surface area contributed by atoms with Crippen molar-refractivity contribution in [2.75, 3.05) is 0 Å². The average molecular weight is 234 g/mol. The molecule has 1 aliphatic carbocycles. The summed E-state index contributed by atoms with van der Waals surface area (Å²) in [5, 5.41) is 8.06. The molecule has 2 aliphatic rings. The zero-order valence-electron chi connectivity index (χ0n) is 5.13. The van der Waals surface area contributed by atoms with E-state index in [0.717, 1.165) is 11.8 Å². The largest absolute Gasteiger partial charge is 0.159 e. The Kier molecular flexibility index (Phi) is 1.15. The molecule has 0 radical (unpaired) electrons. The molecular formula is C6H7IN2. The van der Waals surface area contributed by atoms with Crippen LogP contribution < -0.4 is 0 Å². The predicted octanol–water partition coefficient (Wildman–Crippen LogP) is 1.85. The van der Waals surface area contributed by atoms with Crippen molar-refractivity contribution in [1.82, 2.24) is 0 Å². The van der Waals surface area contributed by atoms with E-state index in [1.54, 1.807) is 0 Å². The van der Waals surface area contributed by atoms with Gasteiger partial charge in [0.2, 0.25) is 0 Å². The molecular weight excluding hydrogens is 227 g/mol. The minimum Gasteiger partial charge on any atom is -0.159 e. The van der Waals surface area contributed by atoms with Crippen LogP contribution in [0.5, 0.6) is 0 Å². The highest BCUT2D eigenvalue weighted by atomic mass is 127. The molecule has 0 bridgehead atoms. The molecule has 1 unspecified atom stereocenters. The fourth-order valence-electron chi connectivity index (χ4n) is 1.19. The maximum absolute atomic E-state index is 4.03. The molecule has 1 aliphatic heterocycles. The van der Waals surface area contributed by atoms with Gasteiger partial charge in [-0.1, -0.05) is 0 Å². The van der Waals surface area contributed by atoms with Crippen molar-refractivity contribution in [3.8, 4) is 0 Å². The number of hydrogen-bond acceptors (Lipinski definition) is 2. The Balaban J connectivity index is 2.33. The monoisotopic (exact) mass is 234 g/mol. The first-order valence-electron chi connectivity index (χ1n) is 3.06. The van der Waals surface area contributed by atoms with Gasteiger partial charge in [0.05, 0.1) is 0 Å². The quantitative estimate of drug-likeness (QED) is 0.571. The summed E-state index contributed by atoms with van der Waals surface area (Å²) >= 11 is 2.28. The van der Waals surface area contributed by atoms with Gasteiger partial charge in [0, 0.05) is 17.5 Å². The maximum Gasteiger partial charge on any atom is 0.105 e. The van der Waals surface area contributed by atoms with Gasteiger partial charge in [-0.2, -0.15) is 5.10 Å². The lowest BCUT2D eigenvalue weighted by Gasteiger charge is -2.00. The minimum absolute atomic E-state index is 0.753. The van der Waals surface area contributed by atoms with Crippen LogP contribution in [-0.4, -0.2) is 9.43 Å².